The van der Waals surface area contributed by atoms with E-state index in [1.54, 1.807) is 6.33 Å². The molecule has 0 saturated carbocycles. The summed E-state index contributed by atoms with van der Waals surface area (Å²) in [7, 11) is 0. The highest BCUT2D eigenvalue weighted by atomic mass is 79.9. The molecule has 0 aliphatic heterocycles. The van der Waals surface area contributed by atoms with Crippen molar-refractivity contribution in [1.29, 1.82) is 0 Å². The van der Waals surface area contributed by atoms with Crippen LogP contribution in [-0.2, 0) is 0 Å². The van der Waals surface area contributed by atoms with E-state index in [-0.39, 0.29) is 0 Å². The van der Waals surface area contributed by atoms with Gasteiger partial charge in [-0.1, -0.05) is 18.2 Å². The molecule has 0 aliphatic rings. The highest BCUT2D eigenvalue weighted by Crippen LogP contribution is 2.31. The number of fused-ring (bicyclic) bond motifs is 1. The number of aromatic nitrogens is 2. The number of anilines is 2. The van der Waals surface area contributed by atoms with Gasteiger partial charge in [0.05, 0.1) is 17.8 Å². The molecule has 21 heavy (non-hydrogen) atoms. The number of para-hydroxylation sites is 3. The smallest absolute Gasteiger partial charge is 0.142 e. The van der Waals surface area contributed by atoms with Crippen molar-refractivity contribution in [1.82, 2.24) is 9.97 Å². The molecule has 5 heteroatoms. The van der Waals surface area contributed by atoms with Gasteiger partial charge in [-0.25, -0.2) is 9.97 Å². The topological polar surface area (TPSA) is 47.0 Å². The van der Waals surface area contributed by atoms with E-state index in [1.807, 2.05) is 49.4 Å². The molecule has 0 bridgehead atoms. The lowest BCUT2D eigenvalue weighted by Gasteiger charge is -2.13. The van der Waals surface area contributed by atoms with Crippen LogP contribution in [0.4, 0.5) is 11.5 Å². The van der Waals surface area contributed by atoms with Crippen LogP contribution >= 0.6 is 15.9 Å². The fourth-order valence-electron chi connectivity index (χ4n) is 2.13. The molecular weight excluding hydrogens is 330 g/mol. The molecule has 0 saturated heterocycles. The first kappa shape index (κ1) is 13.8. The van der Waals surface area contributed by atoms with Crippen molar-refractivity contribution in [3.63, 3.8) is 0 Å². The van der Waals surface area contributed by atoms with Crippen molar-refractivity contribution < 1.29 is 4.74 Å². The molecular formula is C16H14BrN3O. The fraction of sp³-hybridized carbons (Fsp3) is 0.125. The number of ether oxygens (including phenoxy) is 1. The molecule has 0 unspecified atom stereocenters. The van der Waals surface area contributed by atoms with Gasteiger partial charge in [0.2, 0.25) is 0 Å². The van der Waals surface area contributed by atoms with Crippen LogP contribution in [0.25, 0.3) is 10.9 Å². The Kier molecular flexibility index (Phi) is 4.01. The molecule has 0 amide bonds. The lowest BCUT2D eigenvalue weighted by molar-refractivity contribution is 0.342. The van der Waals surface area contributed by atoms with E-state index in [0.29, 0.717) is 6.61 Å². The molecule has 0 fully saturated rings. The molecule has 4 nitrogen and oxygen atoms in total. The number of hydrogen-bond donors (Lipinski definition) is 1. The summed E-state index contributed by atoms with van der Waals surface area (Å²) >= 11 is 3.51. The van der Waals surface area contributed by atoms with Crippen LogP contribution in [0.2, 0.25) is 0 Å². The standard InChI is InChI=1S/C16H14BrN3O/c1-2-21-14-9-4-3-8-13(14)20-16-11-6-5-7-12(17)15(11)18-10-19-16/h3-10H,2H2,1H3,(H,18,19,20). The quantitative estimate of drug-likeness (QED) is 0.755. The minimum Gasteiger partial charge on any atom is -0.492 e. The molecule has 1 N–H and O–H groups in total. The van der Waals surface area contributed by atoms with Gasteiger partial charge in [-0.05, 0) is 47.1 Å². The maximum atomic E-state index is 5.63. The van der Waals surface area contributed by atoms with E-state index in [4.69, 9.17) is 4.74 Å². The van der Waals surface area contributed by atoms with E-state index >= 15 is 0 Å². The second kappa shape index (κ2) is 6.10. The number of hydrogen-bond acceptors (Lipinski definition) is 4. The van der Waals surface area contributed by atoms with Gasteiger partial charge in [-0.3, -0.25) is 0 Å². The van der Waals surface area contributed by atoms with Crippen LogP contribution in [0.5, 0.6) is 5.75 Å². The molecule has 0 radical (unpaired) electrons. The van der Waals surface area contributed by atoms with Gasteiger partial charge in [0.25, 0.3) is 0 Å². The van der Waals surface area contributed by atoms with Crippen LogP contribution in [0.15, 0.2) is 53.3 Å². The summed E-state index contributed by atoms with van der Waals surface area (Å²) in [5.74, 6) is 1.57. The zero-order chi connectivity index (χ0) is 14.7. The number of halogens is 1. The van der Waals surface area contributed by atoms with Gasteiger partial charge in [0, 0.05) is 9.86 Å². The van der Waals surface area contributed by atoms with E-state index in [9.17, 15) is 0 Å². The fourth-order valence-corrected chi connectivity index (χ4v) is 2.60. The van der Waals surface area contributed by atoms with Gasteiger partial charge in [-0.2, -0.15) is 0 Å². The number of nitrogens with zero attached hydrogens (tertiary/aromatic N) is 2. The SMILES string of the molecule is CCOc1ccccc1Nc1ncnc2c(Br)cccc12. The minimum atomic E-state index is 0.620. The summed E-state index contributed by atoms with van der Waals surface area (Å²) in [6, 6.07) is 13.7. The molecule has 2 aromatic carbocycles. The third-order valence-electron chi connectivity index (χ3n) is 3.06. The lowest BCUT2D eigenvalue weighted by Crippen LogP contribution is -2.00. The zero-order valence-corrected chi connectivity index (χ0v) is 13.1. The molecule has 106 valence electrons. The molecule has 1 heterocycles. The Morgan fingerprint density at radius 3 is 2.81 bits per heavy atom. The first-order valence-corrected chi connectivity index (χ1v) is 7.47. The predicted octanol–water partition coefficient (Wildman–Crippen LogP) is 4.53. The Balaban J connectivity index is 2.05. The Morgan fingerprint density at radius 1 is 1.10 bits per heavy atom. The van der Waals surface area contributed by atoms with Gasteiger partial charge in [0.15, 0.2) is 0 Å². The van der Waals surface area contributed by atoms with Crippen molar-refractivity contribution in [2.75, 3.05) is 11.9 Å². The number of nitrogens with one attached hydrogen (secondary N) is 1. The Hall–Kier alpha value is -2.14. The third-order valence-corrected chi connectivity index (χ3v) is 3.70. The summed E-state index contributed by atoms with van der Waals surface area (Å²) < 4.78 is 6.58. The lowest BCUT2D eigenvalue weighted by atomic mass is 10.2. The maximum Gasteiger partial charge on any atom is 0.142 e. The first-order chi connectivity index (χ1) is 10.3. The van der Waals surface area contributed by atoms with Gasteiger partial charge >= 0.3 is 0 Å². The van der Waals surface area contributed by atoms with E-state index < -0.39 is 0 Å². The largest absolute Gasteiger partial charge is 0.492 e. The number of benzene rings is 2. The molecule has 1 aromatic heterocycles. The maximum absolute atomic E-state index is 5.63. The van der Waals surface area contributed by atoms with E-state index in [2.05, 4.69) is 31.2 Å². The second-order valence-corrected chi connectivity index (χ2v) is 5.27. The van der Waals surface area contributed by atoms with Crippen molar-refractivity contribution in [3.05, 3.63) is 53.3 Å². The van der Waals surface area contributed by atoms with Crippen molar-refractivity contribution >= 4 is 38.3 Å². The molecule has 3 aromatic rings. The average molecular weight is 344 g/mol. The van der Waals surface area contributed by atoms with Crippen LogP contribution in [0, 0.1) is 0 Å². The Labute approximate surface area is 131 Å². The van der Waals surface area contributed by atoms with Crippen LogP contribution in [-0.4, -0.2) is 16.6 Å². The summed E-state index contributed by atoms with van der Waals surface area (Å²) in [6.07, 6.45) is 1.55. The monoisotopic (exact) mass is 343 g/mol. The first-order valence-electron chi connectivity index (χ1n) is 6.67. The summed E-state index contributed by atoms with van der Waals surface area (Å²) in [6.45, 7) is 2.59. The molecule has 0 aliphatic carbocycles. The van der Waals surface area contributed by atoms with Crippen LogP contribution in [0.3, 0.4) is 0 Å². The normalized spacial score (nSPS) is 10.6. The van der Waals surface area contributed by atoms with Gasteiger partial charge in [0.1, 0.15) is 17.9 Å². The summed E-state index contributed by atoms with van der Waals surface area (Å²) in [4.78, 5) is 8.66. The second-order valence-electron chi connectivity index (χ2n) is 4.41. The van der Waals surface area contributed by atoms with Crippen molar-refractivity contribution in [2.45, 2.75) is 6.92 Å². The van der Waals surface area contributed by atoms with Crippen molar-refractivity contribution in [3.8, 4) is 5.75 Å². The van der Waals surface area contributed by atoms with Crippen LogP contribution < -0.4 is 10.1 Å². The average Bonchev–Trinajstić information content (AvgIpc) is 2.51. The molecule has 3 rings (SSSR count). The highest BCUT2D eigenvalue weighted by molar-refractivity contribution is 9.10. The third kappa shape index (κ3) is 2.83. The van der Waals surface area contributed by atoms with Crippen LogP contribution in [0.1, 0.15) is 6.92 Å². The predicted molar refractivity (Wildman–Crippen MR) is 88.1 cm³/mol. The van der Waals surface area contributed by atoms with Gasteiger partial charge in [-0.15, -0.1) is 0 Å². The highest BCUT2D eigenvalue weighted by Gasteiger charge is 2.08. The Morgan fingerprint density at radius 2 is 1.95 bits per heavy atom. The summed E-state index contributed by atoms with van der Waals surface area (Å²) in [5.41, 5.74) is 1.77. The Bertz CT molecular complexity index is 776. The molecule has 0 atom stereocenters. The van der Waals surface area contributed by atoms with Gasteiger partial charge < -0.3 is 10.1 Å². The molecule has 0 spiro atoms. The number of rotatable bonds is 4. The minimum absolute atomic E-state index is 0.620. The van der Waals surface area contributed by atoms with Crippen molar-refractivity contribution in [2.24, 2.45) is 0 Å². The zero-order valence-electron chi connectivity index (χ0n) is 11.5. The van der Waals surface area contributed by atoms with E-state index in [0.717, 1.165) is 32.6 Å². The summed E-state index contributed by atoms with van der Waals surface area (Å²) in [5, 5.41) is 4.29. The van der Waals surface area contributed by atoms with E-state index in [1.165, 1.54) is 0 Å².